The van der Waals surface area contributed by atoms with E-state index in [0.29, 0.717) is 12.2 Å². The number of carbonyl (C=O) groups excluding carboxylic acids is 1. The number of nitrogens with zero attached hydrogens (tertiary/aromatic N) is 1. The molecule has 0 radical (unpaired) electrons. The van der Waals surface area contributed by atoms with Gasteiger partial charge < -0.3 is 20.3 Å². The molecule has 1 aromatic rings. The Bertz CT molecular complexity index is 494. The van der Waals surface area contributed by atoms with Crippen molar-refractivity contribution >= 4 is 11.6 Å². The molecule has 5 nitrogen and oxygen atoms in total. The summed E-state index contributed by atoms with van der Waals surface area (Å²) in [6.07, 6.45) is 0.533. The first-order valence-electron chi connectivity index (χ1n) is 7.62. The number of benzene rings is 1. The third-order valence-corrected chi connectivity index (χ3v) is 4.50. The second-order valence-corrected chi connectivity index (χ2v) is 5.94. The lowest BCUT2D eigenvalue weighted by Crippen LogP contribution is -2.29. The monoisotopic (exact) mass is 289 g/mol. The second kappa shape index (κ2) is 6.45. The van der Waals surface area contributed by atoms with Crippen molar-refractivity contribution in [2.75, 3.05) is 45.2 Å². The Morgan fingerprint density at radius 1 is 1.33 bits per heavy atom. The molecule has 1 aromatic carbocycles. The highest BCUT2D eigenvalue weighted by Gasteiger charge is 2.35. The minimum atomic E-state index is 0.0506. The van der Waals surface area contributed by atoms with E-state index in [1.54, 1.807) is 7.11 Å². The van der Waals surface area contributed by atoms with Crippen LogP contribution in [0.4, 0.5) is 5.69 Å². The average Bonchev–Trinajstić information content (AvgIpc) is 3.07. The molecule has 114 valence electrons. The molecule has 0 aromatic heterocycles. The van der Waals surface area contributed by atoms with Crippen molar-refractivity contribution in [2.24, 2.45) is 11.8 Å². The lowest BCUT2D eigenvalue weighted by atomic mass is 10.0. The Hall–Kier alpha value is -1.59. The summed E-state index contributed by atoms with van der Waals surface area (Å²) in [6, 6.07) is 7.51. The first-order chi connectivity index (χ1) is 10.3. The van der Waals surface area contributed by atoms with Crippen LogP contribution in [0, 0.1) is 11.8 Å². The maximum absolute atomic E-state index is 12.1. The highest BCUT2D eigenvalue weighted by molar-refractivity contribution is 5.92. The molecule has 2 saturated heterocycles. The topological polar surface area (TPSA) is 53.6 Å². The number of methoxy groups -OCH3 is 1. The van der Waals surface area contributed by atoms with Crippen LogP contribution in [0.2, 0.25) is 0 Å². The van der Waals surface area contributed by atoms with Crippen molar-refractivity contribution in [3.63, 3.8) is 0 Å². The fraction of sp³-hybridized carbons (Fsp3) is 0.562. The SMILES string of the molecule is COc1ccccc1NC(=O)CCN1C[C@H]2CNC[C@H]2C1. The molecule has 21 heavy (non-hydrogen) atoms. The van der Waals surface area contributed by atoms with Crippen molar-refractivity contribution in [2.45, 2.75) is 6.42 Å². The number of rotatable bonds is 5. The van der Waals surface area contributed by atoms with Gasteiger partial charge in [-0.25, -0.2) is 0 Å². The van der Waals surface area contributed by atoms with E-state index in [1.165, 1.54) is 0 Å². The second-order valence-electron chi connectivity index (χ2n) is 5.94. The number of hydrogen-bond acceptors (Lipinski definition) is 4. The quantitative estimate of drug-likeness (QED) is 0.854. The van der Waals surface area contributed by atoms with Crippen LogP contribution in [-0.4, -0.2) is 50.6 Å². The predicted octanol–water partition coefficient (Wildman–Crippen LogP) is 1.17. The normalized spacial score (nSPS) is 24.8. The maximum atomic E-state index is 12.1. The Kier molecular flexibility index (Phi) is 4.41. The van der Waals surface area contributed by atoms with Crippen molar-refractivity contribution in [3.8, 4) is 5.75 Å². The molecule has 2 aliphatic rings. The van der Waals surface area contributed by atoms with Gasteiger partial charge in [-0.05, 0) is 37.1 Å². The van der Waals surface area contributed by atoms with Gasteiger partial charge in [-0.2, -0.15) is 0 Å². The standard InChI is InChI=1S/C16H23N3O2/c1-21-15-5-3-2-4-14(15)18-16(20)6-7-19-10-12-8-17-9-13(12)11-19/h2-5,12-13,17H,6-11H2,1H3,(H,18,20)/t12-,13+. The first-order valence-corrected chi connectivity index (χ1v) is 7.62. The summed E-state index contributed by atoms with van der Waals surface area (Å²) in [5, 5.41) is 6.37. The molecular formula is C16H23N3O2. The average molecular weight is 289 g/mol. The van der Waals surface area contributed by atoms with Crippen LogP contribution in [0.3, 0.4) is 0 Å². The largest absolute Gasteiger partial charge is 0.495 e. The summed E-state index contributed by atoms with van der Waals surface area (Å²) in [5.41, 5.74) is 0.743. The third-order valence-electron chi connectivity index (χ3n) is 4.50. The number of ether oxygens (including phenoxy) is 1. The van der Waals surface area contributed by atoms with E-state index in [0.717, 1.165) is 50.2 Å². The fourth-order valence-corrected chi connectivity index (χ4v) is 3.36. The lowest BCUT2D eigenvalue weighted by Gasteiger charge is -2.16. The number of likely N-dealkylation sites (tertiary alicyclic amines) is 1. The number of hydrogen-bond donors (Lipinski definition) is 2. The predicted molar refractivity (Wildman–Crippen MR) is 82.5 cm³/mol. The Labute approximate surface area is 125 Å². The van der Waals surface area contributed by atoms with Crippen LogP contribution >= 0.6 is 0 Å². The molecule has 2 fully saturated rings. The zero-order chi connectivity index (χ0) is 14.7. The summed E-state index contributed by atoms with van der Waals surface area (Å²) < 4.78 is 5.24. The molecule has 2 N–H and O–H groups in total. The molecule has 5 heteroatoms. The van der Waals surface area contributed by atoms with Crippen molar-refractivity contribution in [3.05, 3.63) is 24.3 Å². The minimum Gasteiger partial charge on any atom is -0.495 e. The van der Waals surface area contributed by atoms with E-state index < -0.39 is 0 Å². The van der Waals surface area contributed by atoms with Gasteiger partial charge in [-0.1, -0.05) is 12.1 Å². The highest BCUT2D eigenvalue weighted by Crippen LogP contribution is 2.26. The van der Waals surface area contributed by atoms with E-state index in [2.05, 4.69) is 15.5 Å². The van der Waals surface area contributed by atoms with Gasteiger partial charge in [0.1, 0.15) is 5.75 Å². The zero-order valence-electron chi connectivity index (χ0n) is 12.5. The van der Waals surface area contributed by atoms with E-state index >= 15 is 0 Å². The fourth-order valence-electron chi connectivity index (χ4n) is 3.36. The Morgan fingerprint density at radius 3 is 2.76 bits per heavy atom. The number of amides is 1. The van der Waals surface area contributed by atoms with Crippen LogP contribution in [0.1, 0.15) is 6.42 Å². The summed E-state index contributed by atoms with van der Waals surface area (Å²) >= 11 is 0. The maximum Gasteiger partial charge on any atom is 0.225 e. The minimum absolute atomic E-state index is 0.0506. The summed E-state index contributed by atoms with van der Waals surface area (Å²) in [7, 11) is 1.61. The number of carbonyl (C=O) groups is 1. The van der Waals surface area contributed by atoms with Crippen LogP contribution in [0.15, 0.2) is 24.3 Å². The molecule has 0 bridgehead atoms. The molecule has 3 rings (SSSR count). The van der Waals surface area contributed by atoms with Crippen LogP contribution in [-0.2, 0) is 4.79 Å². The van der Waals surface area contributed by atoms with Crippen LogP contribution in [0.25, 0.3) is 0 Å². The van der Waals surface area contributed by atoms with Gasteiger partial charge in [-0.15, -0.1) is 0 Å². The van der Waals surface area contributed by atoms with Gasteiger partial charge in [-0.3, -0.25) is 4.79 Å². The number of nitrogens with one attached hydrogen (secondary N) is 2. The van der Waals surface area contributed by atoms with Crippen LogP contribution < -0.4 is 15.4 Å². The van der Waals surface area contributed by atoms with E-state index in [4.69, 9.17) is 4.74 Å². The van der Waals surface area contributed by atoms with Gasteiger partial charge >= 0.3 is 0 Å². The summed E-state index contributed by atoms with van der Waals surface area (Å²) in [4.78, 5) is 14.5. The molecule has 0 unspecified atom stereocenters. The van der Waals surface area contributed by atoms with Gasteiger partial charge in [0.05, 0.1) is 12.8 Å². The summed E-state index contributed by atoms with van der Waals surface area (Å²) in [5.74, 6) is 2.31. The molecule has 2 heterocycles. The van der Waals surface area contributed by atoms with Gasteiger partial charge in [0.2, 0.25) is 5.91 Å². The van der Waals surface area contributed by atoms with E-state index in [-0.39, 0.29) is 5.91 Å². The molecule has 0 aliphatic carbocycles. The van der Waals surface area contributed by atoms with Gasteiger partial charge in [0.15, 0.2) is 0 Å². The molecule has 1 amide bonds. The van der Waals surface area contributed by atoms with Crippen molar-refractivity contribution in [1.29, 1.82) is 0 Å². The number of para-hydroxylation sites is 2. The molecule has 0 saturated carbocycles. The van der Waals surface area contributed by atoms with Gasteiger partial charge in [0.25, 0.3) is 0 Å². The Morgan fingerprint density at radius 2 is 2.05 bits per heavy atom. The van der Waals surface area contributed by atoms with Crippen molar-refractivity contribution in [1.82, 2.24) is 10.2 Å². The first kappa shape index (κ1) is 14.4. The van der Waals surface area contributed by atoms with Crippen LogP contribution in [0.5, 0.6) is 5.75 Å². The van der Waals surface area contributed by atoms with Gasteiger partial charge in [0, 0.05) is 26.1 Å². The molecule has 2 aliphatic heterocycles. The smallest absolute Gasteiger partial charge is 0.225 e. The molecule has 0 spiro atoms. The molecular weight excluding hydrogens is 266 g/mol. The highest BCUT2D eigenvalue weighted by atomic mass is 16.5. The summed E-state index contributed by atoms with van der Waals surface area (Å²) in [6.45, 7) is 5.36. The lowest BCUT2D eigenvalue weighted by molar-refractivity contribution is -0.116. The van der Waals surface area contributed by atoms with E-state index in [1.807, 2.05) is 24.3 Å². The third kappa shape index (κ3) is 3.36. The molecule has 2 atom stereocenters. The van der Waals surface area contributed by atoms with Crippen molar-refractivity contribution < 1.29 is 9.53 Å². The Balaban J connectivity index is 1.46. The number of fused-ring (bicyclic) bond motifs is 1. The zero-order valence-corrected chi connectivity index (χ0v) is 12.5. The van der Waals surface area contributed by atoms with E-state index in [9.17, 15) is 4.79 Å². The number of anilines is 1.